The zero-order valence-corrected chi connectivity index (χ0v) is 13.6. The summed E-state index contributed by atoms with van der Waals surface area (Å²) in [5.41, 5.74) is -0.993. The van der Waals surface area contributed by atoms with Crippen molar-refractivity contribution >= 4 is 27.5 Å². The summed E-state index contributed by atoms with van der Waals surface area (Å²) in [7, 11) is -1.34. The van der Waals surface area contributed by atoms with Crippen LogP contribution in [0.1, 0.15) is 19.8 Å². The molecule has 1 rings (SSSR count). The van der Waals surface area contributed by atoms with E-state index in [-0.39, 0.29) is 35.0 Å². The molecule has 20 heavy (non-hydrogen) atoms. The van der Waals surface area contributed by atoms with E-state index in [9.17, 15) is 18.3 Å². The van der Waals surface area contributed by atoms with Crippen LogP contribution in [0.2, 0.25) is 0 Å². The number of carbonyl (C=O) groups excluding carboxylic acids is 1. The van der Waals surface area contributed by atoms with Gasteiger partial charge in [-0.15, -0.1) is 11.8 Å². The van der Waals surface area contributed by atoms with Crippen LogP contribution in [0.4, 0.5) is 0 Å². The molecule has 0 saturated carbocycles. The van der Waals surface area contributed by atoms with E-state index in [0.29, 0.717) is 19.4 Å². The van der Waals surface area contributed by atoms with Crippen molar-refractivity contribution in [2.75, 3.05) is 37.5 Å². The van der Waals surface area contributed by atoms with E-state index in [1.54, 1.807) is 14.0 Å². The van der Waals surface area contributed by atoms with Gasteiger partial charge in [0.15, 0.2) is 9.84 Å². The number of amides is 1. The van der Waals surface area contributed by atoms with Crippen molar-refractivity contribution in [3.8, 4) is 0 Å². The predicted octanol–water partition coefficient (Wildman–Crippen LogP) is -0.190. The van der Waals surface area contributed by atoms with Crippen molar-refractivity contribution in [1.82, 2.24) is 5.32 Å². The highest BCUT2D eigenvalue weighted by molar-refractivity contribution is 8.02. The van der Waals surface area contributed by atoms with Gasteiger partial charge in [-0.3, -0.25) is 4.79 Å². The standard InChI is InChI=1S/C12H23NO5S2/c1-12(15,4-5-18-2)9-13-11(14)7-19-10-3-6-20(16,17)8-10/h10,15H,3-9H2,1-2H3,(H,13,14). The number of ether oxygens (including phenoxy) is 1. The van der Waals surface area contributed by atoms with Gasteiger partial charge >= 0.3 is 0 Å². The second kappa shape index (κ2) is 7.63. The highest BCUT2D eigenvalue weighted by atomic mass is 32.2. The molecule has 0 aromatic rings. The number of rotatable bonds is 8. The number of methoxy groups -OCH3 is 1. The van der Waals surface area contributed by atoms with Crippen LogP contribution in [-0.4, -0.2) is 67.8 Å². The maximum absolute atomic E-state index is 11.7. The molecular weight excluding hydrogens is 302 g/mol. The van der Waals surface area contributed by atoms with Crippen LogP contribution in [0.3, 0.4) is 0 Å². The molecule has 8 heteroatoms. The number of sulfone groups is 1. The van der Waals surface area contributed by atoms with E-state index < -0.39 is 15.4 Å². The van der Waals surface area contributed by atoms with Crippen LogP contribution >= 0.6 is 11.8 Å². The largest absolute Gasteiger partial charge is 0.388 e. The lowest BCUT2D eigenvalue weighted by molar-refractivity contribution is -0.119. The molecule has 1 aliphatic rings. The van der Waals surface area contributed by atoms with Crippen molar-refractivity contribution < 1.29 is 23.1 Å². The molecular formula is C12H23NO5S2. The fourth-order valence-electron chi connectivity index (χ4n) is 1.84. The third-order valence-corrected chi connectivity index (χ3v) is 6.43. The molecule has 2 N–H and O–H groups in total. The number of thioether (sulfide) groups is 1. The topological polar surface area (TPSA) is 92.7 Å². The summed E-state index contributed by atoms with van der Waals surface area (Å²) in [6.07, 6.45) is 1.06. The first-order chi connectivity index (χ1) is 9.24. The first-order valence-electron chi connectivity index (χ1n) is 6.54. The minimum absolute atomic E-state index is 0.0137. The summed E-state index contributed by atoms with van der Waals surface area (Å²) in [6, 6.07) is 0. The van der Waals surface area contributed by atoms with E-state index in [4.69, 9.17) is 4.74 Å². The SMILES string of the molecule is COCCC(C)(O)CNC(=O)CSC1CCS(=O)(=O)C1. The maximum atomic E-state index is 11.7. The Morgan fingerprint density at radius 3 is 2.80 bits per heavy atom. The smallest absolute Gasteiger partial charge is 0.230 e. The van der Waals surface area contributed by atoms with Gasteiger partial charge in [0.1, 0.15) is 0 Å². The summed E-state index contributed by atoms with van der Waals surface area (Å²) in [6.45, 7) is 2.24. The van der Waals surface area contributed by atoms with Crippen LogP contribution in [0, 0.1) is 0 Å². The van der Waals surface area contributed by atoms with E-state index in [1.807, 2.05) is 0 Å². The zero-order chi connectivity index (χ0) is 15.2. The molecule has 2 unspecified atom stereocenters. The van der Waals surface area contributed by atoms with Gasteiger partial charge in [-0.05, 0) is 13.3 Å². The summed E-state index contributed by atoms with van der Waals surface area (Å²) >= 11 is 1.37. The maximum Gasteiger partial charge on any atom is 0.230 e. The van der Waals surface area contributed by atoms with Crippen molar-refractivity contribution in [2.24, 2.45) is 0 Å². The monoisotopic (exact) mass is 325 g/mol. The molecule has 0 aromatic carbocycles. The minimum Gasteiger partial charge on any atom is -0.388 e. The van der Waals surface area contributed by atoms with Crippen LogP contribution < -0.4 is 5.32 Å². The molecule has 1 saturated heterocycles. The van der Waals surface area contributed by atoms with Crippen LogP contribution in [0.5, 0.6) is 0 Å². The van der Waals surface area contributed by atoms with Gasteiger partial charge < -0.3 is 15.2 Å². The number of carbonyl (C=O) groups is 1. The molecule has 1 heterocycles. The van der Waals surface area contributed by atoms with Crippen molar-refractivity contribution in [1.29, 1.82) is 0 Å². The normalized spacial score (nSPS) is 24.2. The van der Waals surface area contributed by atoms with Crippen molar-refractivity contribution in [3.05, 3.63) is 0 Å². The Kier molecular flexibility index (Phi) is 6.77. The Hall–Kier alpha value is -0.310. The average Bonchev–Trinajstić information content (AvgIpc) is 2.71. The van der Waals surface area contributed by atoms with Crippen molar-refractivity contribution in [3.63, 3.8) is 0 Å². The van der Waals surface area contributed by atoms with E-state index in [1.165, 1.54) is 11.8 Å². The number of nitrogens with one attached hydrogen (secondary N) is 1. The van der Waals surface area contributed by atoms with Crippen LogP contribution in [0.15, 0.2) is 0 Å². The Morgan fingerprint density at radius 1 is 1.55 bits per heavy atom. The summed E-state index contributed by atoms with van der Waals surface area (Å²) in [5, 5.41) is 12.6. The molecule has 2 atom stereocenters. The Balaban J connectivity index is 2.21. The second-order valence-corrected chi connectivity index (χ2v) is 8.87. The molecule has 6 nitrogen and oxygen atoms in total. The van der Waals surface area contributed by atoms with Gasteiger partial charge in [-0.25, -0.2) is 8.42 Å². The highest BCUT2D eigenvalue weighted by Gasteiger charge is 2.28. The number of hydrogen-bond acceptors (Lipinski definition) is 6. The lowest BCUT2D eigenvalue weighted by Crippen LogP contribution is -2.42. The van der Waals surface area contributed by atoms with Gasteiger partial charge in [-0.2, -0.15) is 0 Å². The average molecular weight is 325 g/mol. The minimum atomic E-state index is -2.90. The quantitative estimate of drug-likeness (QED) is 0.643. The molecule has 118 valence electrons. The summed E-state index contributed by atoms with van der Waals surface area (Å²) < 4.78 is 27.5. The van der Waals surface area contributed by atoms with Gasteiger partial charge in [0, 0.05) is 31.9 Å². The van der Waals surface area contributed by atoms with Gasteiger partial charge in [-0.1, -0.05) is 0 Å². The molecule has 1 aliphatic heterocycles. The van der Waals surface area contributed by atoms with E-state index in [0.717, 1.165) is 0 Å². The zero-order valence-electron chi connectivity index (χ0n) is 11.9. The van der Waals surface area contributed by atoms with E-state index >= 15 is 0 Å². The number of hydrogen-bond donors (Lipinski definition) is 2. The van der Waals surface area contributed by atoms with Gasteiger partial charge in [0.05, 0.1) is 22.9 Å². The molecule has 0 spiro atoms. The molecule has 1 fully saturated rings. The fourth-order valence-corrected chi connectivity index (χ4v) is 5.31. The summed E-state index contributed by atoms with van der Waals surface area (Å²) in [5.74, 6) is 0.423. The third-order valence-electron chi connectivity index (χ3n) is 3.15. The molecule has 0 bridgehead atoms. The Bertz CT molecular complexity index is 422. The Labute approximate surface area is 124 Å². The molecule has 1 amide bonds. The number of aliphatic hydroxyl groups is 1. The van der Waals surface area contributed by atoms with E-state index in [2.05, 4.69) is 5.32 Å². The predicted molar refractivity (Wildman–Crippen MR) is 79.6 cm³/mol. The first-order valence-corrected chi connectivity index (χ1v) is 9.41. The fraction of sp³-hybridized carbons (Fsp3) is 0.917. The Morgan fingerprint density at radius 2 is 2.25 bits per heavy atom. The highest BCUT2D eigenvalue weighted by Crippen LogP contribution is 2.23. The van der Waals surface area contributed by atoms with Gasteiger partial charge in [0.2, 0.25) is 5.91 Å². The first kappa shape index (κ1) is 17.7. The second-order valence-electron chi connectivity index (χ2n) is 5.35. The summed E-state index contributed by atoms with van der Waals surface area (Å²) in [4.78, 5) is 11.7. The molecule has 0 radical (unpaired) electrons. The lowest BCUT2D eigenvalue weighted by atomic mass is 10.0. The van der Waals surface area contributed by atoms with Crippen LogP contribution in [0.25, 0.3) is 0 Å². The van der Waals surface area contributed by atoms with Gasteiger partial charge in [0.25, 0.3) is 0 Å². The molecule has 0 aliphatic carbocycles. The van der Waals surface area contributed by atoms with Crippen molar-refractivity contribution in [2.45, 2.75) is 30.6 Å². The molecule has 0 aromatic heterocycles. The van der Waals surface area contributed by atoms with Crippen LogP contribution in [-0.2, 0) is 19.4 Å². The lowest BCUT2D eigenvalue weighted by Gasteiger charge is -2.23. The third kappa shape index (κ3) is 6.92.